The van der Waals surface area contributed by atoms with Gasteiger partial charge in [0.25, 0.3) is 0 Å². The predicted octanol–water partition coefficient (Wildman–Crippen LogP) is 2.88. The van der Waals surface area contributed by atoms with E-state index in [-0.39, 0.29) is 0 Å². The zero-order chi connectivity index (χ0) is 11.8. The molecule has 2 heterocycles. The Morgan fingerprint density at radius 3 is 2.82 bits per heavy atom. The largest absolute Gasteiger partial charge is 0.348 e. The third kappa shape index (κ3) is 1.79. The summed E-state index contributed by atoms with van der Waals surface area (Å²) in [6.07, 6.45) is 2.21. The maximum Gasteiger partial charge on any atom is 0.0394 e. The molecule has 0 bridgehead atoms. The van der Waals surface area contributed by atoms with Gasteiger partial charge in [-0.3, -0.25) is 0 Å². The predicted molar refractivity (Wildman–Crippen MR) is 71.0 cm³/mol. The molecule has 1 aromatic heterocycles. The summed E-state index contributed by atoms with van der Waals surface area (Å²) in [7, 11) is 0. The Morgan fingerprint density at radius 2 is 2.00 bits per heavy atom. The first kappa shape index (κ1) is 10.6. The van der Waals surface area contributed by atoms with Gasteiger partial charge < -0.3 is 9.88 Å². The van der Waals surface area contributed by atoms with E-state index < -0.39 is 0 Å². The molecule has 0 fully saturated rings. The summed E-state index contributed by atoms with van der Waals surface area (Å²) >= 11 is 0. The first-order valence-corrected chi connectivity index (χ1v) is 6.22. The molecule has 0 aliphatic carbocycles. The van der Waals surface area contributed by atoms with Crippen molar-refractivity contribution in [3.8, 4) is 11.1 Å². The van der Waals surface area contributed by atoms with E-state index in [4.69, 9.17) is 0 Å². The fourth-order valence-electron chi connectivity index (χ4n) is 2.68. The van der Waals surface area contributed by atoms with Crippen LogP contribution in [0.4, 0.5) is 0 Å². The molecule has 88 valence electrons. The summed E-state index contributed by atoms with van der Waals surface area (Å²) in [5.41, 5.74) is 6.87. The third-order valence-corrected chi connectivity index (χ3v) is 3.57. The van der Waals surface area contributed by atoms with E-state index in [2.05, 4.69) is 54.2 Å². The van der Waals surface area contributed by atoms with Crippen LogP contribution < -0.4 is 5.32 Å². The highest BCUT2D eigenvalue weighted by Gasteiger charge is 2.14. The van der Waals surface area contributed by atoms with Gasteiger partial charge in [-0.1, -0.05) is 23.8 Å². The number of aryl methyl sites for hydroxylation is 2. The van der Waals surface area contributed by atoms with Gasteiger partial charge in [-0.15, -0.1) is 0 Å². The highest BCUT2D eigenvalue weighted by Crippen LogP contribution is 2.29. The number of benzene rings is 1. The smallest absolute Gasteiger partial charge is 0.0394 e. The third-order valence-electron chi connectivity index (χ3n) is 3.57. The van der Waals surface area contributed by atoms with Crippen molar-refractivity contribution in [2.45, 2.75) is 26.9 Å². The average Bonchev–Trinajstić information content (AvgIpc) is 2.73. The zero-order valence-electron chi connectivity index (χ0n) is 10.5. The van der Waals surface area contributed by atoms with Gasteiger partial charge in [-0.2, -0.15) is 0 Å². The van der Waals surface area contributed by atoms with Gasteiger partial charge in [-0.25, -0.2) is 0 Å². The number of nitrogens with zero attached hydrogens (tertiary/aromatic N) is 1. The Bertz CT molecular complexity index is 552. The molecule has 0 saturated heterocycles. The van der Waals surface area contributed by atoms with Crippen molar-refractivity contribution in [3.05, 3.63) is 47.3 Å². The van der Waals surface area contributed by atoms with Gasteiger partial charge in [0.05, 0.1) is 0 Å². The number of fused-ring (bicyclic) bond motifs is 1. The summed E-state index contributed by atoms with van der Waals surface area (Å²) in [6, 6.07) is 8.95. The van der Waals surface area contributed by atoms with Gasteiger partial charge in [0.1, 0.15) is 0 Å². The normalized spacial score (nSPS) is 14.7. The van der Waals surface area contributed by atoms with Crippen LogP contribution in [0.25, 0.3) is 11.1 Å². The Hall–Kier alpha value is -1.54. The fraction of sp³-hybridized carbons (Fsp3) is 0.333. The summed E-state index contributed by atoms with van der Waals surface area (Å²) < 4.78 is 2.37. The molecule has 0 atom stereocenters. The lowest BCUT2D eigenvalue weighted by Gasteiger charge is -2.18. The Morgan fingerprint density at radius 1 is 1.12 bits per heavy atom. The van der Waals surface area contributed by atoms with E-state index in [0.717, 1.165) is 19.6 Å². The lowest BCUT2D eigenvalue weighted by Crippen LogP contribution is -2.27. The zero-order valence-corrected chi connectivity index (χ0v) is 10.5. The molecular formula is C15H18N2. The standard InChI is InChI=1S/C15H18N2/c1-11-3-4-13(12(2)9-11)14-5-7-17-8-6-16-10-15(14)17/h3-5,7,9,16H,6,8,10H2,1-2H3. The monoisotopic (exact) mass is 226 g/mol. The minimum atomic E-state index is 0.982. The molecule has 3 rings (SSSR count). The van der Waals surface area contributed by atoms with Crippen LogP contribution in [0.1, 0.15) is 16.8 Å². The quantitative estimate of drug-likeness (QED) is 0.791. The topological polar surface area (TPSA) is 17.0 Å². The molecular weight excluding hydrogens is 208 g/mol. The molecule has 0 radical (unpaired) electrons. The van der Waals surface area contributed by atoms with Crippen molar-refractivity contribution in [2.75, 3.05) is 6.54 Å². The molecule has 1 aliphatic rings. The highest BCUT2D eigenvalue weighted by atomic mass is 15.1. The van der Waals surface area contributed by atoms with Crippen molar-refractivity contribution in [2.24, 2.45) is 0 Å². The van der Waals surface area contributed by atoms with Crippen LogP contribution in [0.5, 0.6) is 0 Å². The molecule has 1 aromatic carbocycles. The summed E-state index contributed by atoms with van der Waals surface area (Å²) in [5.74, 6) is 0. The van der Waals surface area contributed by atoms with E-state index in [9.17, 15) is 0 Å². The Kier molecular flexibility index (Phi) is 2.52. The van der Waals surface area contributed by atoms with Crippen molar-refractivity contribution in [1.82, 2.24) is 9.88 Å². The summed E-state index contributed by atoms with van der Waals surface area (Å²) in [5, 5.41) is 3.45. The van der Waals surface area contributed by atoms with E-state index in [1.807, 2.05) is 0 Å². The second-order valence-electron chi connectivity index (χ2n) is 4.86. The van der Waals surface area contributed by atoms with Crippen molar-refractivity contribution < 1.29 is 0 Å². The molecule has 0 saturated carbocycles. The molecule has 2 aromatic rings. The van der Waals surface area contributed by atoms with Gasteiger partial charge >= 0.3 is 0 Å². The number of rotatable bonds is 1. The van der Waals surface area contributed by atoms with Crippen LogP contribution in [-0.2, 0) is 13.1 Å². The van der Waals surface area contributed by atoms with Crippen LogP contribution >= 0.6 is 0 Å². The van der Waals surface area contributed by atoms with Gasteiger partial charge in [-0.05, 0) is 31.0 Å². The minimum absolute atomic E-state index is 0.982. The maximum atomic E-state index is 3.45. The first-order valence-electron chi connectivity index (χ1n) is 6.22. The summed E-state index contributed by atoms with van der Waals surface area (Å²) in [6.45, 7) is 7.49. The molecule has 2 nitrogen and oxygen atoms in total. The molecule has 17 heavy (non-hydrogen) atoms. The van der Waals surface area contributed by atoms with Crippen molar-refractivity contribution in [3.63, 3.8) is 0 Å². The van der Waals surface area contributed by atoms with E-state index in [1.54, 1.807) is 0 Å². The second-order valence-corrected chi connectivity index (χ2v) is 4.86. The number of hydrogen-bond acceptors (Lipinski definition) is 1. The van der Waals surface area contributed by atoms with Crippen LogP contribution in [0.15, 0.2) is 30.5 Å². The van der Waals surface area contributed by atoms with E-state index in [1.165, 1.54) is 27.9 Å². The number of aromatic nitrogens is 1. The van der Waals surface area contributed by atoms with Crippen LogP contribution in [0.3, 0.4) is 0 Å². The Labute approximate surface area is 102 Å². The lowest BCUT2D eigenvalue weighted by molar-refractivity contribution is 0.517. The van der Waals surface area contributed by atoms with Crippen molar-refractivity contribution in [1.29, 1.82) is 0 Å². The van der Waals surface area contributed by atoms with Crippen molar-refractivity contribution >= 4 is 0 Å². The van der Waals surface area contributed by atoms with Gasteiger partial charge in [0.15, 0.2) is 0 Å². The molecule has 0 spiro atoms. The van der Waals surface area contributed by atoms with E-state index >= 15 is 0 Å². The number of nitrogens with one attached hydrogen (secondary N) is 1. The van der Waals surface area contributed by atoms with Gasteiger partial charge in [0.2, 0.25) is 0 Å². The van der Waals surface area contributed by atoms with E-state index in [0.29, 0.717) is 0 Å². The minimum Gasteiger partial charge on any atom is -0.348 e. The lowest BCUT2D eigenvalue weighted by atomic mass is 9.98. The molecule has 2 heteroatoms. The van der Waals surface area contributed by atoms with Crippen LogP contribution in [0, 0.1) is 13.8 Å². The Balaban J connectivity index is 2.12. The summed E-state index contributed by atoms with van der Waals surface area (Å²) in [4.78, 5) is 0. The maximum absolute atomic E-state index is 3.45. The average molecular weight is 226 g/mol. The molecule has 1 N–H and O–H groups in total. The molecule has 0 amide bonds. The van der Waals surface area contributed by atoms with Crippen LogP contribution in [-0.4, -0.2) is 11.1 Å². The fourth-order valence-corrected chi connectivity index (χ4v) is 2.68. The van der Waals surface area contributed by atoms with Crippen LogP contribution in [0.2, 0.25) is 0 Å². The number of hydrogen-bond donors (Lipinski definition) is 1. The molecule has 0 unspecified atom stereocenters. The van der Waals surface area contributed by atoms with Gasteiger partial charge in [0, 0.05) is 37.1 Å². The second kappa shape index (κ2) is 4.04. The SMILES string of the molecule is Cc1ccc(-c2ccn3c2CNCC3)c(C)c1. The molecule has 1 aliphatic heterocycles. The first-order chi connectivity index (χ1) is 8.25. The highest BCUT2D eigenvalue weighted by molar-refractivity contribution is 5.70.